The molecule has 0 spiro atoms. The van der Waals surface area contributed by atoms with Crippen molar-refractivity contribution < 1.29 is 9.13 Å². The van der Waals surface area contributed by atoms with Gasteiger partial charge < -0.3 is 10.1 Å². The molecular formula is C12H16FNO. The zero-order valence-electron chi connectivity index (χ0n) is 9.14. The molecule has 1 saturated heterocycles. The summed E-state index contributed by atoms with van der Waals surface area (Å²) in [7, 11) is 0. The Bertz CT molecular complexity index is 336. The number of morpholine rings is 1. The standard InChI is InChI=1S/C12H16FNO/c1-8-5-9(2)12(10(13)6-8)11-7-15-4-3-14-11/h5-6,11,14H,3-4,7H2,1-2H3. The number of rotatable bonds is 1. The van der Waals surface area contributed by atoms with Crippen molar-refractivity contribution >= 4 is 0 Å². The lowest BCUT2D eigenvalue weighted by Gasteiger charge is -2.26. The first-order chi connectivity index (χ1) is 7.18. The highest BCUT2D eigenvalue weighted by Gasteiger charge is 2.20. The third-order valence-corrected chi connectivity index (χ3v) is 2.75. The van der Waals surface area contributed by atoms with Crippen LogP contribution in [0.3, 0.4) is 0 Å². The largest absolute Gasteiger partial charge is 0.378 e. The summed E-state index contributed by atoms with van der Waals surface area (Å²) in [6.07, 6.45) is 0. The molecule has 1 aliphatic rings. The fourth-order valence-electron chi connectivity index (χ4n) is 2.12. The maximum atomic E-state index is 13.8. The lowest BCUT2D eigenvalue weighted by Crippen LogP contribution is -2.35. The van der Waals surface area contributed by atoms with Crippen LogP contribution in [0.2, 0.25) is 0 Å². The van der Waals surface area contributed by atoms with Gasteiger partial charge in [-0.05, 0) is 31.0 Å². The molecule has 0 aliphatic carbocycles. The second kappa shape index (κ2) is 4.29. The molecule has 0 amide bonds. The van der Waals surface area contributed by atoms with E-state index in [1.165, 1.54) is 0 Å². The van der Waals surface area contributed by atoms with Gasteiger partial charge in [-0.3, -0.25) is 0 Å². The molecule has 1 N–H and O–H groups in total. The molecule has 0 bridgehead atoms. The Labute approximate surface area is 89.4 Å². The monoisotopic (exact) mass is 209 g/mol. The highest BCUT2D eigenvalue weighted by molar-refractivity contribution is 5.34. The molecular weight excluding hydrogens is 193 g/mol. The molecule has 0 aromatic heterocycles. The van der Waals surface area contributed by atoms with Crippen molar-refractivity contribution in [2.24, 2.45) is 0 Å². The summed E-state index contributed by atoms with van der Waals surface area (Å²) >= 11 is 0. The second-order valence-corrected chi connectivity index (χ2v) is 4.06. The van der Waals surface area contributed by atoms with E-state index in [9.17, 15) is 4.39 Å². The van der Waals surface area contributed by atoms with Crippen molar-refractivity contribution in [3.8, 4) is 0 Å². The van der Waals surface area contributed by atoms with Gasteiger partial charge in [0, 0.05) is 12.1 Å². The van der Waals surface area contributed by atoms with Gasteiger partial charge in [0.2, 0.25) is 0 Å². The minimum atomic E-state index is -0.129. The van der Waals surface area contributed by atoms with Crippen LogP contribution in [0, 0.1) is 19.7 Å². The summed E-state index contributed by atoms with van der Waals surface area (Å²) in [6.45, 7) is 5.91. The molecule has 2 nitrogen and oxygen atoms in total. The van der Waals surface area contributed by atoms with Gasteiger partial charge in [-0.2, -0.15) is 0 Å². The van der Waals surface area contributed by atoms with Crippen molar-refractivity contribution in [1.82, 2.24) is 5.32 Å². The summed E-state index contributed by atoms with van der Waals surface area (Å²) in [5, 5.41) is 3.27. The number of hydrogen-bond donors (Lipinski definition) is 1. The predicted molar refractivity (Wildman–Crippen MR) is 57.4 cm³/mol. The molecule has 1 aromatic rings. The van der Waals surface area contributed by atoms with Crippen molar-refractivity contribution in [3.63, 3.8) is 0 Å². The number of benzene rings is 1. The van der Waals surface area contributed by atoms with Crippen LogP contribution in [0.4, 0.5) is 4.39 Å². The van der Waals surface area contributed by atoms with Crippen molar-refractivity contribution in [2.75, 3.05) is 19.8 Å². The van der Waals surface area contributed by atoms with Crippen molar-refractivity contribution in [3.05, 3.63) is 34.6 Å². The molecule has 2 rings (SSSR count). The van der Waals surface area contributed by atoms with Crippen LogP contribution in [0.25, 0.3) is 0 Å². The molecule has 1 aliphatic heterocycles. The molecule has 0 radical (unpaired) electrons. The van der Waals surface area contributed by atoms with E-state index in [2.05, 4.69) is 5.32 Å². The number of aryl methyl sites for hydroxylation is 2. The van der Waals surface area contributed by atoms with E-state index >= 15 is 0 Å². The minimum absolute atomic E-state index is 0.000602. The highest BCUT2D eigenvalue weighted by atomic mass is 19.1. The lowest BCUT2D eigenvalue weighted by molar-refractivity contribution is 0.0755. The van der Waals surface area contributed by atoms with Crippen LogP contribution in [0.15, 0.2) is 12.1 Å². The molecule has 82 valence electrons. The van der Waals surface area contributed by atoms with E-state index in [4.69, 9.17) is 4.74 Å². The maximum Gasteiger partial charge on any atom is 0.128 e. The second-order valence-electron chi connectivity index (χ2n) is 4.06. The number of hydrogen-bond acceptors (Lipinski definition) is 2. The first-order valence-electron chi connectivity index (χ1n) is 5.26. The zero-order valence-corrected chi connectivity index (χ0v) is 9.14. The fourth-order valence-corrected chi connectivity index (χ4v) is 2.12. The Morgan fingerprint density at radius 2 is 2.20 bits per heavy atom. The Morgan fingerprint density at radius 3 is 2.80 bits per heavy atom. The normalized spacial score (nSPS) is 21.7. The van der Waals surface area contributed by atoms with Crippen LogP contribution in [0.1, 0.15) is 22.7 Å². The van der Waals surface area contributed by atoms with E-state index in [-0.39, 0.29) is 11.9 Å². The molecule has 15 heavy (non-hydrogen) atoms. The van der Waals surface area contributed by atoms with E-state index in [1.807, 2.05) is 19.9 Å². The van der Waals surface area contributed by atoms with Crippen LogP contribution in [0.5, 0.6) is 0 Å². The maximum absolute atomic E-state index is 13.8. The first kappa shape index (κ1) is 10.6. The molecule has 1 atom stereocenters. The van der Waals surface area contributed by atoms with E-state index in [0.29, 0.717) is 13.2 Å². The Hall–Kier alpha value is -0.930. The van der Waals surface area contributed by atoms with Gasteiger partial charge in [0.15, 0.2) is 0 Å². The van der Waals surface area contributed by atoms with Crippen molar-refractivity contribution in [1.29, 1.82) is 0 Å². The smallest absolute Gasteiger partial charge is 0.128 e. The summed E-state index contributed by atoms with van der Waals surface area (Å²) in [4.78, 5) is 0. The van der Waals surface area contributed by atoms with Gasteiger partial charge in [-0.25, -0.2) is 4.39 Å². The summed E-state index contributed by atoms with van der Waals surface area (Å²) in [5.74, 6) is -0.129. The average Bonchev–Trinajstić information content (AvgIpc) is 2.17. The molecule has 1 unspecified atom stereocenters. The SMILES string of the molecule is Cc1cc(C)c(C2COCCN2)c(F)c1. The van der Waals surface area contributed by atoms with E-state index < -0.39 is 0 Å². The summed E-state index contributed by atoms with van der Waals surface area (Å²) in [5.41, 5.74) is 2.71. The lowest BCUT2D eigenvalue weighted by atomic mass is 9.98. The number of ether oxygens (including phenoxy) is 1. The van der Waals surface area contributed by atoms with Crippen LogP contribution < -0.4 is 5.32 Å². The number of halogens is 1. The minimum Gasteiger partial charge on any atom is -0.378 e. The molecule has 3 heteroatoms. The molecule has 1 aromatic carbocycles. The van der Waals surface area contributed by atoms with Gasteiger partial charge in [0.1, 0.15) is 5.82 Å². The fraction of sp³-hybridized carbons (Fsp3) is 0.500. The zero-order chi connectivity index (χ0) is 10.8. The average molecular weight is 209 g/mol. The Balaban J connectivity index is 2.33. The van der Waals surface area contributed by atoms with Crippen molar-refractivity contribution in [2.45, 2.75) is 19.9 Å². The Kier molecular flexibility index (Phi) is 3.03. The van der Waals surface area contributed by atoms with Gasteiger partial charge in [-0.1, -0.05) is 6.07 Å². The third-order valence-electron chi connectivity index (χ3n) is 2.75. The van der Waals surface area contributed by atoms with Gasteiger partial charge in [0.25, 0.3) is 0 Å². The quantitative estimate of drug-likeness (QED) is 0.764. The first-order valence-corrected chi connectivity index (χ1v) is 5.26. The number of nitrogens with one attached hydrogen (secondary N) is 1. The van der Waals surface area contributed by atoms with E-state index in [1.54, 1.807) is 6.07 Å². The summed E-state index contributed by atoms with van der Waals surface area (Å²) in [6, 6.07) is 3.59. The van der Waals surface area contributed by atoms with E-state index in [0.717, 1.165) is 23.2 Å². The third kappa shape index (κ3) is 2.19. The van der Waals surface area contributed by atoms with Crippen LogP contribution in [-0.2, 0) is 4.74 Å². The van der Waals surface area contributed by atoms with Gasteiger partial charge >= 0.3 is 0 Å². The van der Waals surface area contributed by atoms with Crippen LogP contribution >= 0.6 is 0 Å². The topological polar surface area (TPSA) is 21.3 Å². The molecule has 1 heterocycles. The highest BCUT2D eigenvalue weighted by Crippen LogP contribution is 2.24. The predicted octanol–water partition coefficient (Wildman–Crippen LogP) is 2.10. The van der Waals surface area contributed by atoms with Gasteiger partial charge in [0.05, 0.1) is 19.3 Å². The molecule has 0 saturated carbocycles. The van der Waals surface area contributed by atoms with Gasteiger partial charge in [-0.15, -0.1) is 0 Å². The summed E-state index contributed by atoms with van der Waals surface area (Å²) < 4.78 is 19.1. The molecule has 1 fully saturated rings. The Morgan fingerprint density at radius 1 is 1.40 bits per heavy atom. The van der Waals surface area contributed by atoms with Crippen LogP contribution in [-0.4, -0.2) is 19.8 Å².